The van der Waals surface area contributed by atoms with Gasteiger partial charge in [-0.3, -0.25) is 4.79 Å². The molecule has 3 heterocycles. The fourth-order valence-corrected chi connectivity index (χ4v) is 3.96. The molecule has 1 fully saturated rings. The summed E-state index contributed by atoms with van der Waals surface area (Å²) in [6.07, 6.45) is 5.42. The number of nitrogens with zero attached hydrogens (tertiary/aromatic N) is 3. The molecule has 27 heavy (non-hydrogen) atoms. The molecular formula is C21H22N4OS. The van der Waals surface area contributed by atoms with Gasteiger partial charge in [0.1, 0.15) is 0 Å². The largest absolute Gasteiger partial charge is 0.346 e. The molecule has 6 heteroatoms. The lowest BCUT2D eigenvalue weighted by Gasteiger charge is -2.26. The Morgan fingerprint density at radius 1 is 1.07 bits per heavy atom. The third kappa shape index (κ3) is 4.34. The topological polar surface area (TPSA) is 58.1 Å². The molecule has 5 nitrogen and oxygen atoms in total. The number of carbonyl (C=O) groups excluding carboxylic acids is 1. The van der Waals surface area contributed by atoms with Crippen LogP contribution in [0.3, 0.4) is 0 Å². The van der Waals surface area contributed by atoms with Crippen molar-refractivity contribution in [1.82, 2.24) is 15.3 Å². The average Bonchev–Trinajstić information content (AvgIpc) is 3.28. The summed E-state index contributed by atoms with van der Waals surface area (Å²) in [4.78, 5) is 24.9. The molecule has 3 aromatic rings. The monoisotopic (exact) mass is 378 g/mol. The van der Waals surface area contributed by atoms with Crippen LogP contribution in [-0.4, -0.2) is 29.0 Å². The standard InChI is InChI=1S/C21H22N4OS/c26-20(17-8-6-16(7-9-17)19-5-4-14-27-19)23-15-18-10-11-22-21(24-18)25-12-2-1-3-13-25/h4-11,14H,1-3,12-13,15H2,(H,23,26). The fourth-order valence-electron chi connectivity index (χ4n) is 3.23. The first-order chi connectivity index (χ1) is 13.3. The molecule has 0 atom stereocenters. The number of benzene rings is 1. The van der Waals surface area contributed by atoms with Crippen LogP contribution >= 0.6 is 11.3 Å². The number of hydrogen-bond acceptors (Lipinski definition) is 5. The average molecular weight is 379 g/mol. The van der Waals surface area contributed by atoms with Crippen LogP contribution in [0.1, 0.15) is 35.3 Å². The maximum Gasteiger partial charge on any atom is 0.251 e. The number of carbonyl (C=O) groups is 1. The van der Waals surface area contributed by atoms with Crippen molar-refractivity contribution in [3.63, 3.8) is 0 Å². The number of thiophene rings is 1. The van der Waals surface area contributed by atoms with Gasteiger partial charge in [-0.25, -0.2) is 9.97 Å². The molecule has 1 aromatic carbocycles. The van der Waals surface area contributed by atoms with E-state index in [-0.39, 0.29) is 5.91 Å². The molecule has 138 valence electrons. The maximum absolute atomic E-state index is 12.4. The summed E-state index contributed by atoms with van der Waals surface area (Å²) in [6.45, 7) is 2.41. The van der Waals surface area contributed by atoms with Crippen LogP contribution in [0, 0.1) is 0 Å². The van der Waals surface area contributed by atoms with E-state index in [1.807, 2.05) is 36.4 Å². The summed E-state index contributed by atoms with van der Waals surface area (Å²) in [5.74, 6) is 0.674. The Hall–Kier alpha value is -2.73. The molecule has 0 spiro atoms. The number of amides is 1. The van der Waals surface area contributed by atoms with E-state index in [4.69, 9.17) is 0 Å². The van der Waals surface area contributed by atoms with Crippen LogP contribution in [0.15, 0.2) is 54.0 Å². The fraction of sp³-hybridized carbons (Fsp3) is 0.286. The minimum atomic E-state index is -0.0918. The first kappa shape index (κ1) is 17.7. The molecular weight excluding hydrogens is 356 g/mol. The van der Waals surface area contributed by atoms with Crippen molar-refractivity contribution >= 4 is 23.2 Å². The van der Waals surface area contributed by atoms with Gasteiger partial charge in [0.25, 0.3) is 5.91 Å². The Morgan fingerprint density at radius 2 is 1.89 bits per heavy atom. The van der Waals surface area contributed by atoms with Gasteiger partial charge in [0.05, 0.1) is 12.2 Å². The Labute approximate surface area is 163 Å². The number of piperidine rings is 1. The summed E-state index contributed by atoms with van der Waals surface area (Å²) < 4.78 is 0. The first-order valence-electron chi connectivity index (χ1n) is 9.28. The van der Waals surface area contributed by atoms with Crippen molar-refractivity contribution in [2.45, 2.75) is 25.8 Å². The highest BCUT2D eigenvalue weighted by molar-refractivity contribution is 7.13. The molecule has 4 rings (SSSR count). The number of rotatable bonds is 5. The van der Waals surface area contributed by atoms with Gasteiger partial charge in [-0.05, 0) is 54.5 Å². The minimum absolute atomic E-state index is 0.0918. The number of anilines is 1. The van der Waals surface area contributed by atoms with Gasteiger partial charge >= 0.3 is 0 Å². The Bertz CT molecular complexity index is 887. The third-order valence-electron chi connectivity index (χ3n) is 4.72. The van der Waals surface area contributed by atoms with Crippen molar-refractivity contribution in [1.29, 1.82) is 0 Å². The summed E-state index contributed by atoms with van der Waals surface area (Å²) in [7, 11) is 0. The van der Waals surface area contributed by atoms with E-state index in [1.165, 1.54) is 24.1 Å². The van der Waals surface area contributed by atoms with Crippen LogP contribution in [0.4, 0.5) is 5.95 Å². The van der Waals surface area contributed by atoms with Crippen molar-refractivity contribution in [3.05, 3.63) is 65.3 Å². The molecule has 1 amide bonds. The molecule has 1 N–H and O–H groups in total. The van der Waals surface area contributed by atoms with Crippen molar-refractivity contribution in [2.24, 2.45) is 0 Å². The van der Waals surface area contributed by atoms with E-state index in [9.17, 15) is 4.79 Å². The lowest BCUT2D eigenvalue weighted by atomic mass is 10.1. The summed E-state index contributed by atoms with van der Waals surface area (Å²) >= 11 is 1.69. The highest BCUT2D eigenvalue weighted by Crippen LogP contribution is 2.24. The SMILES string of the molecule is O=C(NCc1ccnc(N2CCCCC2)n1)c1ccc(-c2cccs2)cc1. The highest BCUT2D eigenvalue weighted by Gasteiger charge is 2.14. The number of nitrogens with one attached hydrogen (secondary N) is 1. The maximum atomic E-state index is 12.4. The normalized spacial score (nSPS) is 14.1. The zero-order valence-corrected chi connectivity index (χ0v) is 15.9. The first-order valence-corrected chi connectivity index (χ1v) is 10.2. The van der Waals surface area contributed by atoms with Crippen LogP contribution in [0.5, 0.6) is 0 Å². The van der Waals surface area contributed by atoms with Gasteiger partial charge in [-0.2, -0.15) is 0 Å². The summed E-state index contributed by atoms with van der Waals surface area (Å²) in [5.41, 5.74) is 2.61. The molecule has 2 aromatic heterocycles. The molecule has 0 radical (unpaired) electrons. The Balaban J connectivity index is 1.37. The summed E-state index contributed by atoms with van der Waals surface area (Å²) in [5, 5.41) is 5.01. The predicted octanol–water partition coefficient (Wildman–Crippen LogP) is 4.13. The summed E-state index contributed by atoms with van der Waals surface area (Å²) in [6, 6.07) is 13.7. The molecule has 0 saturated carbocycles. The Kier molecular flexibility index (Phi) is 5.44. The molecule has 0 aliphatic carbocycles. The quantitative estimate of drug-likeness (QED) is 0.725. The number of aromatic nitrogens is 2. The van der Waals surface area contributed by atoms with E-state index in [2.05, 4.69) is 31.6 Å². The minimum Gasteiger partial charge on any atom is -0.346 e. The van der Waals surface area contributed by atoms with Gasteiger partial charge in [-0.15, -0.1) is 11.3 Å². The highest BCUT2D eigenvalue weighted by atomic mass is 32.1. The van der Waals surface area contributed by atoms with E-state index in [0.29, 0.717) is 12.1 Å². The molecule has 1 saturated heterocycles. The molecule has 1 aliphatic rings. The van der Waals surface area contributed by atoms with Crippen LogP contribution in [-0.2, 0) is 6.54 Å². The molecule has 0 bridgehead atoms. The second-order valence-corrected chi connectivity index (χ2v) is 7.58. The zero-order chi connectivity index (χ0) is 18.5. The smallest absolute Gasteiger partial charge is 0.251 e. The lowest BCUT2D eigenvalue weighted by molar-refractivity contribution is 0.0950. The van der Waals surface area contributed by atoms with Crippen LogP contribution in [0.25, 0.3) is 10.4 Å². The molecule has 0 unspecified atom stereocenters. The zero-order valence-electron chi connectivity index (χ0n) is 15.1. The second-order valence-electron chi connectivity index (χ2n) is 6.63. The van der Waals surface area contributed by atoms with Crippen molar-refractivity contribution in [2.75, 3.05) is 18.0 Å². The van der Waals surface area contributed by atoms with E-state index < -0.39 is 0 Å². The van der Waals surface area contributed by atoms with E-state index >= 15 is 0 Å². The Morgan fingerprint density at radius 3 is 2.63 bits per heavy atom. The predicted molar refractivity (Wildman–Crippen MR) is 109 cm³/mol. The van der Waals surface area contributed by atoms with Gasteiger partial charge in [-0.1, -0.05) is 18.2 Å². The van der Waals surface area contributed by atoms with Gasteiger partial charge in [0.15, 0.2) is 0 Å². The van der Waals surface area contributed by atoms with Crippen LogP contribution < -0.4 is 10.2 Å². The number of hydrogen-bond donors (Lipinski definition) is 1. The van der Waals surface area contributed by atoms with E-state index in [0.717, 1.165) is 30.3 Å². The molecule has 1 aliphatic heterocycles. The van der Waals surface area contributed by atoms with Gasteiger partial charge in [0.2, 0.25) is 5.95 Å². The lowest BCUT2D eigenvalue weighted by Crippen LogP contribution is -2.31. The van der Waals surface area contributed by atoms with Crippen molar-refractivity contribution < 1.29 is 4.79 Å². The van der Waals surface area contributed by atoms with E-state index in [1.54, 1.807) is 17.5 Å². The van der Waals surface area contributed by atoms with Gasteiger partial charge < -0.3 is 10.2 Å². The van der Waals surface area contributed by atoms with Crippen molar-refractivity contribution in [3.8, 4) is 10.4 Å². The van der Waals surface area contributed by atoms with Crippen LogP contribution in [0.2, 0.25) is 0 Å². The van der Waals surface area contributed by atoms with Gasteiger partial charge in [0, 0.05) is 29.7 Å². The second kappa shape index (κ2) is 8.31. The third-order valence-corrected chi connectivity index (χ3v) is 5.64.